The Morgan fingerprint density at radius 2 is 1.79 bits per heavy atom. The number of benzene rings is 2. The van der Waals surface area contributed by atoms with E-state index in [0.717, 1.165) is 11.1 Å². The van der Waals surface area contributed by atoms with Crippen LogP contribution in [0.15, 0.2) is 42.5 Å². The molecule has 0 heterocycles. The van der Waals surface area contributed by atoms with Crippen molar-refractivity contribution in [3.05, 3.63) is 64.7 Å². The lowest BCUT2D eigenvalue weighted by molar-refractivity contribution is -0.115. The number of rotatable bonds is 6. The topological polar surface area (TPSA) is 115 Å². The summed E-state index contributed by atoms with van der Waals surface area (Å²) in [7, 11) is -3.65. The third-order valence-electron chi connectivity index (χ3n) is 3.48. The highest BCUT2D eigenvalue weighted by Gasteiger charge is 2.12. The second-order valence-corrected chi connectivity index (χ2v) is 7.33. The number of sulfonamides is 1. The largest absolute Gasteiger partial charge is 0.326 e. The Kier molecular flexibility index (Phi) is 5.71. The van der Waals surface area contributed by atoms with Gasteiger partial charge in [0.2, 0.25) is 15.9 Å². The van der Waals surface area contributed by atoms with Crippen LogP contribution in [0.3, 0.4) is 0 Å². The molecule has 0 fully saturated rings. The number of carbonyl (C=O) groups excluding carboxylic acids is 1. The smallest absolute Gasteiger partial charge is 0.228 e. The van der Waals surface area contributed by atoms with Crippen LogP contribution in [0.2, 0.25) is 0 Å². The monoisotopic (exact) mass is 347 g/mol. The van der Waals surface area contributed by atoms with Crippen LogP contribution in [0.1, 0.15) is 22.3 Å². The lowest BCUT2D eigenvalue weighted by Gasteiger charge is -2.11. The Labute approximate surface area is 141 Å². The van der Waals surface area contributed by atoms with Crippen LogP contribution in [0.25, 0.3) is 0 Å². The van der Waals surface area contributed by atoms with Gasteiger partial charge >= 0.3 is 0 Å². The molecule has 2 aromatic rings. The minimum absolute atomic E-state index is 0.0671. The zero-order valence-corrected chi connectivity index (χ0v) is 14.3. The van der Waals surface area contributed by atoms with E-state index in [4.69, 9.17) is 10.9 Å². The first-order valence-corrected chi connectivity index (χ1v) is 9.16. The van der Waals surface area contributed by atoms with Gasteiger partial charge in [-0.2, -0.15) is 0 Å². The van der Waals surface area contributed by atoms with E-state index >= 15 is 0 Å². The summed E-state index contributed by atoms with van der Waals surface area (Å²) in [6, 6.07) is 12.5. The first-order valence-electron chi connectivity index (χ1n) is 7.44. The van der Waals surface area contributed by atoms with Gasteiger partial charge in [-0.25, -0.2) is 13.6 Å². The molecule has 0 saturated heterocycles. The maximum Gasteiger partial charge on any atom is 0.228 e. The molecule has 0 atom stereocenters. The van der Waals surface area contributed by atoms with Gasteiger partial charge in [-0.05, 0) is 41.3 Å². The van der Waals surface area contributed by atoms with Gasteiger partial charge in [-0.15, -0.1) is 0 Å². The maximum atomic E-state index is 12.3. The van der Waals surface area contributed by atoms with Crippen LogP contribution < -0.4 is 16.2 Å². The van der Waals surface area contributed by atoms with Crippen molar-refractivity contribution in [3.8, 4) is 0 Å². The number of carbonyl (C=O) groups is 1. The molecule has 5 N–H and O–H groups in total. The maximum absolute atomic E-state index is 12.3. The van der Waals surface area contributed by atoms with Crippen LogP contribution in [0.4, 0.5) is 5.69 Å². The second-order valence-electron chi connectivity index (χ2n) is 5.71. The third-order valence-corrected chi connectivity index (χ3v) is 4.20. The molecule has 0 aliphatic heterocycles. The zero-order valence-electron chi connectivity index (χ0n) is 13.5. The van der Waals surface area contributed by atoms with Gasteiger partial charge in [0.05, 0.1) is 12.2 Å². The number of hydrogen-bond donors (Lipinski definition) is 3. The van der Waals surface area contributed by atoms with Gasteiger partial charge < -0.3 is 11.1 Å². The first-order chi connectivity index (χ1) is 11.3. The van der Waals surface area contributed by atoms with E-state index in [9.17, 15) is 13.2 Å². The van der Waals surface area contributed by atoms with Crippen molar-refractivity contribution in [2.75, 3.05) is 5.32 Å². The molecule has 24 heavy (non-hydrogen) atoms. The highest BCUT2D eigenvalue weighted by atomic mass is 32.2. The molecule has 2 aromatic carbocycles. The molecule has 0 aliphatic rings. The summed E-state index contributed by atoms with van der Waals surface area (Å²) in [5.41, 5.74) is 9.41. The van der Waals surface area contributed by atoms with Crippen molar-refractivity contribution in [1.82, 2.24) is 0 Å². The number of anilines is 1. The SMILES string of the molecule is Cc1cc(CN)cc(NC(=O)Cc2ccccc2CS(N)(=O)=O)c1. The fourth-order valence-electron chi connectivity index (χ4n) is 2.52. The molecule has 0 spiro atoms. The van der Waals surface area contributed by atoms with Crippen LogP contribution in [-0.4, -0.2) is 14.3 Å². The van der Waals surface area contributed by atoms with Crippen LogP contribution in [-0.2, 0) is 33.5 Å². The van der Waals surface area contributed by atoms with E-state index in [2.05, 4.69) is 5.32 Å². The summed E-state index contributed by atoms with van der Waals surface area (Å²) in [5.74, 6) is -0.525. The van der Waals surface area contributed by atoms with Crippen molar-refractivity contribution in [2.45, 2.75) is 25.6 Å². The van der Waals surface area contributed by atoms with Crippen molar-refractivity contribution >= 4 is 21.6 Å². The first kappa shape index (κ1) is 18.1. The molecule has 0 aromatic heterocycles. The van der Waals surface area contributed by atoms with Gasteiger partial charge in [0.1, 0.15) is 0 Å². The van der Waals surface area contributed by atoms with Gasteiger partial charge in [0.15, 0.2) is 0 Å². The van der Waals surface area contributed by atoms with Gasteiger partial charge in [-0.1, -0.05) is 30.3 Å². The zero-order chi connectivity index (χ0) is 17.7. The Balaban J connectivity index is 2.15. The van der Waals surface area contributed by atoms with E-state index in [-0.39, 0.29) is 18.1 Å². The van der Waals surface area contributed by atoms with E-state index in [0.29, 0.717) is 23.4 Å². The number of nitrogens with two attached hydrogens (primary N) is 2. The minimum Gasteiger partial charge on any atom is -0.326 e. The quantitative estimate of drug-likeness (QED) is 0.733. The van der Waals surface area contributed by atoms with Crippen molar-refractivity contribution in [1.29, 1.82) is 0 Å². The van der Waals surface area contributed by atoms with Crippen LogP contribution in [0, 0.1) is 6.92 Å². The Morgan fingerprint density at radius 3 is 2.42 bits per heavy atom. The summed E-state index contributed by atoms with van der Waals surface area (Å²) in [4.78, 5) is 12.3. The fourth-order valence-corrected chi connectivity index (χ4v) is 3.23. The van der Waals surface area contributed by atoms with Crippen molar-refractivity contribution < 1.29 is 13.2 Å². The van der Waals surface area contributed by atoms with E-state index in [1.54, 1.807) is 24.3 Å². The van der Waals surface area contributed by atoms with E-state index in [1.807, 2.05) is 25.1 Å². The minimum atomic E-state index is -3.65. The molecule has 0 unspecified atom stereocenters. The number of nitrogens with one attached hydrogen (secondary N) is 1. The lowest BCUT2D eigenvalue weighted by atomic mass is 10.1. The molecule has 6 nitrogen and oxygen atoms in total. The number of primary sulfonamides is 1. The summed E-state index contributed by atoms with van der Waals surface area (Å²) in [6.07, 6.45) is 0.0671. The van der Waals surface area contributed by atoms with E-state index < -0.39 is 10.0 Å². The normalized spacial score (nSPS) is 11.3. The second kappa shape index (κ2) is 7.57. The summed E-state index contributed by atoms with van der Waals surface area (Å²) >= 11 is 0. The molecular weight excluding hydrogens is 326 g/mol. The summed E-state index contributed by atoms with van der Waals surface area (Å²) in [6.45, 7) is 2.32. The number of hydrogen-bond acceptors (Lipinski definition) is 4. The number of aryl methyl sites for hydroxylation is 1. The van der Waals surface area contributed by atoms with E-state index in [1.165, 1.54) is 0 Å². The average Bonchev–Trinajstić information content (AvgIpc) is 2.47. The predicted molar refractivity (Wildman–Crippen MR) is 94.7 cm³/mol. The standard InChI is InChI=1S/C17H21N3O3S/c1-12-6-13(10-18)8-16(7-12)20-17(21)9-14-4-2-3-5-15(14)11-24(19,22)23/h2-8H,9-11,18H2,1H3,(H,20,21)(H2,19,22,23). The van der Waals surface area contributed by atoms with Crippen molar-refractivity contribution in [3.63, 3.8) is 0 Å². The van der Waals surface area contributed by atoms with Crippen LogP contribution >= 0.6 is 0 Å². The Morgan fingerprint density at radius 1 is 1.12 bits per heavy atom. The van der Waals surface area contributed by atoms with Gasteiger partial charge in [-0.3, -0.25) is 4.79 Å². The molecule has 0 bridgehead atoms. The molecular formula is C17H21N3O3S. The molecule has 2 rings (SSSR count). The molecule has 0 saturated carbocycles. The molecule has 0 aliphatic carbocycles. The summed E-state index contributed by atoms with van der Waals surface area (Å²) in [5, 5.41) is 7.92. The van der Waals surface area contributed by atoms with Gasteiger partial charge in [0.25, 0.3) is 0 Å². The molecule has 7 heteroatoms. The summed E-state index contributed by atoms with van der Waals surface area (Å²) < 4.78 is 22.6. The highest BCUT2D eigenvalue weighted by molar-refractivity contribution is 7.88. The van der Waals surface area contributed by atoms with Crippen LogP contribution in [0.5, 0.6) is 0 Å². The van der Waals surface area contributed by atoms with Crippen molar-refractivity contribution in [2.24, 2.45) is 10.9 Å². The average molecular weight is 347 g/mol. The Hall–Kier alpha value is -2.22. The molecule has 1 amide bonds. The molecule has 0 radical (unpaired) electrons. The molecule has 128 valence electrons. The lowest BCUT2D eigenvalue weighted by Crippen LogP contribution is -2.19. The fraction of sp³-hybridized carbons (Fsp3) is 0.235. The van der Waals surface area contributed by atoms with Gasteiger partial charge in [0, 0.05) is 12.2 Å². The predicted octanol–water partition coefficient (Wildman–Crippen LogP) is 1.42. The third kappa shape index (κ3) is 5.45. The number of amides is 1. The highest BCUT2D eigenvalue weighted by Crippen LogP contribution is 2.16. The Bertz CT molecular complexity index is 848.